The monoisotopic (exact) mass is 367 g/mol. The van der Waals surface area contributed by atoms with E-state index in [9.17, 15) is 4.79 Å². The number of nitrogens with zero attached hydrogens (tertiary/aromatic N) is 1. The van der Waals surface area contributed by atoms with E-state index in [0.29, 0.717) is 11.5 Å². The number of anilines is 1. The Balaban J connectivity index is 1.96. The van der Waals surface area contributed by atoms with Crippen LogP contribution in [0.3, 0.4) is 0 Å². The van der Waals surface area contributed by atoms with Crippen LogP contribution in [0.25, 0.3) is 0 Å². The fraction of sp³-hybridized carbons (Fsp3) is 0.409. The molecule has 142 valence electrons. The van der Waals surface area contributed by atoms with E-state index in [0.717, 1.165) is 24.1 Å². The van der Waals surface area contributed by atoms with Crippen LogP contribution < -0.4 is 14.4 Å². The predicted octanol–water partition coefficient (Wildman–Crippen LogP) is 4.54. The van der Waals surface area contributed by atoms with E-state index in [1.807, 2.05) is 12.1 Å². The molecule has 2 aromatic carbocycles. The first-order valence-electron chi connectivity index (χ1n) is 9.15. The lowest BCUT2D eigenvalue weighted by atomic mass is 9.63. The van der Waals surface area contributed by atoms with E-state index in [-0.39, 0.29) is 17.6 Å². The van der Waals surface area contributed by atoms with Crippen LogP contribution in [0.1, 0.15) is 41.6 Å². The molecule has 1 heterocycles. The van der Waals surface area contributed by atoms with Gasteiger partial charge in [0, 0.05) is 5.41 Å². The van der Waals surface area contributed by atoms with Crippen LogP contribution in [-0.4, -0.2) is 27.4 Å². The van der Waals surface area contributed by atoms with Gasteiger partial charge >= 0.3 is 6.09 Å². The number of rotatable bonds is 2. The largest absolute Gasteiger partial charge is 0.493 e. The fourth-order valence-corrected chi connectivity index (χ4v) is 4.70. The molecule has 1 aliphatic carbocycles. The second kappa shape index (κ2) is 6.19. The molecular weight excluding hydrogens is 342 g/mol. The van der Waals surface area contributed by atoms with E-state index in [1.54, 1.807) is 19.1 Å². The smallest absolute Gasteiger partial charge is 0.414 e. The van der Waals surface area contributed by atoms with Crippen LogP contribution in [-0.2, 0) is 16.6 Å². The van der Waals surface area contributed by atoms with Gasteiger partial charge in [-0.15, -0.1) is 0 Å². The number of benzene rings is 2. The van der Waals surface area contributed by atoms with Crippen molar-refractivity contribution in [2.75, 3.05) is 26.2 Å². The van der Waals surface area contributed by atoms with E-state index in [1.165, 1.54) is 23.8 Å². The Morgan fingerprint density at radius 3 is 2.48 bits per heavy atom. The van der Waals surface area contributed by atoms with E-state index < -0.39 is 0 Å². The Hall–Kier alpha value is -2.69. The summed E-state index contributed by atoms with van der Waals surface area (Å²) >= 11 is 0. The quantitative estimate of drug-likeness (QED) is 0.782. The Morgan fingerprint density at radius 1 is 1.11 bits per heavy atom. The minimum atomic E-state index is -0.338. The summed E-state index contributed by atoms with van der Waals surface area (Å²) in [5, 5.41) is 0. The van der Waals surface area contributed by atoms with Gasteiger partial charge < -0.3 is 14.2 Å². The van der Waals surface area contributed by atoms with Crippen molar-refractivity contribution in [1.82, 2.24) is 0 Å². The molecule has 2 aliphatic rings. The van der Waals surface area contributed by atoms with Gasteiger partial charge in [0.25, 0.3) is 0 Å². The summed E-state index contributed by atoms with van der Waals surface area (Å²) in [6.45, 7) is 4.37. The summed E-state index contributed by atoms with van der Waals surface area (Å²) in [5.41, 5.74) is 5.56. The Bertz CT molecular complexity index is 923. The molecule has 0 saturated heterocycles. The summed E-state index contributed by atoms with van der Waals surface area (Å²) in [4.78, 5) is 14.5. The molecule has 5 heteroatoms. The van der Waals surface area contributed by atoms with Gasteiger partial charge in [0.2, 0.25) is 0 Å². The number of hydrogen-bond donors (Lipinski definition) is 0. The van der Waals surface area contributed by atoms with Crippen molar-refractivity contribution in [2.24, 2.45) is 0 Å². The molecule has 2 bridgehead atoms. The summed E-state index contributed by atoms with van der Waals surface area (Å²) in [6, 6.07) is 10.3. The van der Waals surface area contributed by atoms with Gasteiger partial charge in [0.15, 0.2) is 11.5 Å². The second-order valence-electron chi connectivity index (χ2n) is 7.72. The molecular formula is C22H25NO4. The highest BCUT2D eigenvalue weighted by Crippen LogP contribution is 2.55. The van der Waals surface area contributed by atoms with Crippen LogP contribution in [0.4, 0.5) is 10.5 Å². The molecule has 2 aromatic rings. The van der Waals surface area contributed by atoms with E-state index >= 15 is 0 Å². The number of hydrogen-bond acceptors (Lipinski definition) is 4. The summed E-state index contributed by atoms with van der Waals surface area (Å²) in [6.07, 6.45) is 1.40. The van der Waals surface area contributed by atoms with Crippen molar-refractivity contribution in [2.45, 2.75) is 38.1 Å². The first kappa shape index (κ1) is 17.7. The van der Waals surface area contributed by atoms with Crippen LogP contribution in [0.2, 0.25) is 0 Å². The zero-order valence-corrected chi connectivity index (χ0v) is 16.5. The Kier molecular flexibility index (Phi) is 4.06. The van der Waals surface area contributed by atoms with Gasteiger partial charge in [0.1, 0.15) is 0 Å². The highest BCUT2D eigenvalue weighted by molar-refractivity contribution is 5.91. The molecule has 1 amide bonds. The van der Waals surface area contributed by atoms with Crippen molar-refractivity contribution in [1.29, 1.82) is 0 Å². The highest BCUT2D eigenvalue weighted by atomic mass is 16.5. The van der Waals surface area contributed by atoms with Crippen LogP contribution in [0.15, 0.2) is 30.3 Å². The van der Waals surface area contributed by atoms with E-state index in [4.69, 9.17) is 14.2 Å². The topological polar surface area (TPSA) is 48.0 Å². The number of methoxy groups -OCH3 is 3. The first-order chi connectivity index (χ1) is 12.9. The number of ether oxygens (including phenoxy) is 3. The zero-order valence-electron chi connectivity index (χ0n) is 16.5. The molecule has 2 unspecified atom stereocenters. The molecule has 0 aromatic heterocycles. The number of carbonyl (C=O) groups is 1. The maximum absolute atomic E-state index is 12.8. The fourth-order valence-electron chi connectivity index (χ4n) is 4.70. The summed E-state index contributed by atoms with van der Waals surface area (Å²) < 4.78 is 16.2. The Labute approximate surface area is 159 Å². The third kappa shape index (κ3) is 2.56. The maximum atomic E-state index is 12.8. The first-order valence-corrected chi connectivity index (χ1v) is 9.15. The number of carbonyl (C=O) groups excluding carboxylic acids is 1. The van der Waals surface area contributed by atoms with Crippen LogP contribution in [0.5, 0.6) is 11.5 Å². The van der Waals surface area contributed by atoms with E-state index in [2.05, 4.69) is 32.0 Å². The minimum absolute atomic E-state index is 0.0524. The van der Waals surface area contributed by atoms with Gasteiger partial charge in [-0.3, -0.25) is 4.90 Å². The molecule has 0 spiro atoms. The zero-order chi connectivity index (χ0) is 19.3. The molecule has 27 heavy (non-hydrogen) atoms. The van der Waals surface area contributed by atoms with Crippen molar-refractivity contribution >= 4 is 11.8 Å². The third-order valence-electron chi connectivity index (χ3n) is 5.97. The molecule has 0 fully saturated rings. The lowest BCUT2D eigenvalue weighted by molar-refractivity contribution is 0.171. The van der Waals surface area contributed by atoms with Crippen molar-refractivity contribution < 1.29 is 19.0 Å². The van der Waals surface area contributed by atoms with Gasteiger partial charge in [-0.1, -0.05) is 24.6 Å². The SMILES string of the molecule is COC(=O)N1c2ccc(C)cc2C2(C)Cc3cc(OC)c(OC)cc3C1C2. The maximum Gasteiger partial charge on any atom is 0.414 e. The number of aryl methyl sites for hydroxylation is 1. The van der Waals surface area contributed by atoms with Crippen molar-refractivity contribution in [3.8, 4) is 11.5 Å². The number of amides is 1. The van der Waals surface area contributed by atoms with Gasteiger partial charge in [-0.2, -0.15) is 0 Å². The highest BCUT2D eigenvalue weighted by Gasteiger charge is 2.48. The normalized spacial score (nSPS) is 22.6. The Morgan fingerprint density at radius 2 is 1.81 bits per heavy atom. The molecule has 1 aliphatic heterocycles. The second-order valence-corrected chi connectivity index (χ2v) is 7.72. The molecule has 0 N–H and O–H groups in total. The van der Waals surface area contributed by atoms with Crippen molar-refractivity contribution in [3.05, 3.63) is 52.6 Å². The standard InChI is InChI=1S/C22H25NO4/c1-13-6-7-17-16(8-13)22(2)11-14-9-19(25-3)20(26-4)10-15(14)18(12-22)23(17)21(24)27-5/h6-10,18H,11-12H2,1-5H3. The third-order valence-corrected chi connectivity index (χ3v) is 5.97. The summed E-state index contributed by atoms with van der Waals surface area (Å²) in [5.74, 6) is 1.40. The minimum Gasteiger partial charge on any atom is -0.493 e. The van der Waals surface area contributed by atoms with Gasteiger partial charge in [-0.05, 0) is 54.7 Å². The molecule has 0 saturated carbocycles. The van der Waals surface area contributed by atoms with Crippen LogP contribution in [0, 0.1) is 6.92 Å². The van der Waals surface area contributed by atoms with Crippen molar-refractivity contribution in [3.63, 3.8) is 0 Å². The lowest BCUT2D eigenvalue weighted by Crippen LogP contribution is -2.48. The molecule has 0 radical (unpaired) electrons. The number of fused-ring (bicyclic) bond motifs is 6. The molecule has 5 nitrogen and oxygen atoms in total. The lowest BCUT2D eigenvalue weighted by Gasteiger charge is -2.50. The summed E-state index contributed by atoms with van der Waals surface area (Å²) in [7, 11) is 4.71. The molecule has 4 rings (SSSR count). The average molecular weight is 367 g/mol. The van der Waals surface area contributed by atoms with Gasteiger partial charge in [-0.25, -0.2) is 4.79 Å². The predicted molar refractivity (Wildman–Crippen MR) is 104 cm³/mol. The van der Waals surface area contributed by atoms with Gasteiger partial charge in [0.05, 0.1) is 33.1 Å². The molecule has 2 atom stereocenters. The van der Waals surface area contributed by atoms with Crippen LogP contribution >= 0.6 is 0 Å². The average Bonchev–Trinajstić information content (AvgIpc) is 2.67.